The van der Waals surface area contributed by atoms with Crippen LogP contribution in [-0.4, -0.2) is 65.5 Å². The van der Waals surface area contributed by atoms with Gasteiger partial charge >= 0.3 is 13.8 Å². The Morgan fingerprint density at radius 3 is 2.54 bits per heavy atom. The van der Waals surface area contributed by atoms with Gasteiger partial charge in [0.15, 0.2) is 17.7 Å². The van der Waals surface area contributed by atoms with Crippen LogP contribution in [0.5, 0.6) is 0 Å². The summed E-state index contributed by atoms with van der Waals surface area (Å²) in [6.07, 6.45) is -1.87. The number of nitrogens with two attached hydrogens (primary N) is 1. The Hall–Kier alpha value is -2.93. The van der Waals surface area contributed by atoms with Crippen molar-refractivity contribution in [2.45, 2.75) is 57.6 Å². The second kappa shape index (κ2) is 10.8. The van der Waals surface area contributed by atoms with Crippen LogP contribution >= 0.6 is 7.82 Å². The van der Waals surface area contributed by atoms with Gasteiger partial charge in [0.25, 0.3) is 0 Å². The Morgan fingerprint density at radius 2 is 1.86 bits per heavy atom. The number of aliphatic hydroxyl groups excluding tert-OH is 2. The predicted molar refractivity (Wildman–Crippen MR) is 131 cm³/mol. The van der Waals surface area contributed by atoms with Crippen LogP contribution in [0.15, 0.2) is 36.9 Å². The molecule has 1 saturated heterocycles. The molecule has 0 spiro atoms. The van der Waals surface area contributed by atoms with Crippen LogP contribution < -0.4 is 5.73 Å². The summed E-state index contributed by atoms with van der Waals surface area (Å²) in [4.78, 5) is 34.6. The number of hydrogen-bond acceptors (Lipinski definition) is 11. The predicted octanol–water partition coefficient (Wildman–Crippen LogP) is 1.69. The van der Waals surface area contributed by atoms with Gasteiger partial charge < -0.3 is 25.2 Å². The average Bonchev–Trinajstić information content (AvgIpc) is 3.39. The maximum absolute atomic E-state index is 12.5. The number of phosphoric ester groups is 1. The molecule has 1 aliphatic rings. The molecule has 200 valence electrons. The third-order valence-electron chi connectivity index (χ3n) is 6.08. The van der Waals surface area contributed by atoms with Gasteiger partial charge in [-0.15, -0.1) is 0 Å². The molecule has 0 aliphatic carbocycles. The molecule has 13 nitrogen and oxygen atoms in total. The topological polar surface area (TPSA) is 192 Å². The zero-order valence-corrected chi connectivity index (χ0v) is 21.4. The largest absolute Gasteiger partial charge is 0.529 e. The fourth-order valence-corrected chi connectivity index (χ4v) is 4.86. The highest BCUT2D eigenvalue weighted by Crippen LogP contribution is 2.46. The summed E-state index contributed by atoms with van der Waals surface area (Å²) in [5.74, 6) is -1.16. The Balaban J connectivity index is 1.36. The quantitative estimate of drug-likeness (QED) is 0.290. The van der Waals surface area contributed by atoms with Gasteiger partial charge in [-0.2, -0.15) is 0 Å². The van der Waals surface area contributed by atoms with E-state index in [4.69, 9.17) is 19.5 Å². The number of carbonyl (C=O) groups excluding carboxylic acids is 1. The molecule has 0 amide bonds. The minimum absolute atomic E-state index is 0.125. The number of ether oxygens (including phenoxy) is 1. The number of imidazole rings is 1. The smallest absolute Gasteiger partial charge is 0.387 e. The normalized spacial score (nSPS) is 24.3. The highest BCUT2D eigenvalue weighted by Gasteiger charge is 2.45. The van der Waals surface area contributed by atoms with Crippen molar-refractivity contribution in [2.24, 2.45) is 5.92 Å². The first-order valence-corrected chi connectivity index (χ1v) is 13.2. The molecule has 1 aromatic carbocycles. The Kier molecular flexibility index (Phi) is 7.93. The number of hydrogen-bond donors (Lipinski definition) is 4. The molecule has 3 aromatic rings. The van der Waals surface area contributed by atoms with Gasteiger partial charge in [0.2, 0.25) is 0 Å². The molecular formula is C23H30N5O8P. The number of nitrogen functional groups attached to an aromatic ring is 1. The van der Waals surface area contributed by atoms with Crippen molar-refractivity contribution in [1.82, 2.24) is 19.5 Å². The zero-order chi connectivity index (χ0) is 26.9. The molecule has 2 aromatic heterocycles. The average molecular weight is 535 g/mol. The first-order valence-electron chi connectivity index (χ1n) is 11.7. The number of nitrogens with zero attached hydrogens (tertiary/aromatic N) is 4. The van der Waals surface area contributed by atoms with E-state index in [1.807, 2.05) is 12.1 Å². The van der Waals surface area contributed by atoms with Gasteiger partial charge in [0.1, 0.15) is 30.2 Å². The van der Waals surface area contributed by atoms with Gasteiger partial charge in [0.05, 0.1) is 18.9 Å². The molecule has 1 fully saturated rings. The van der Waals surface area contributed by atoms with Crippen molar-refractivity contribution in [3.8, 4) is 0 Å². The van der Waals surface area contributed by atoms with E-state index in [0.29, 0.717) is 11.5 Å². The van der Waals surface area contributed by atoms with Crippen LogP contribution in [0.1, 0.15) is 44.0 Å². The van der Waals surface area contributed by atoms with Crippen LogP contribution in [0.25, 0.3) is 11.2 Å². The summed E-state index contributed by atoms with van der Waals surface area (Å²) in [6, 6.07) is 7.35. The number of aromatic nitrogens is 4. The first kappa shape index (κ1) is 27.1. The summed E-state index contributed by atoms with van der Waals surface area (Å²) in [6.45, 7) is 5.12. The number of aliphatic hydroxyl groups is 2. The fourth-order valence-electron chi connectivity index (χ4n) is 4.09. The molecule has 4 rings (SSSR count). The van der Waals surface area contributed by atoms with Crippen molar-refractivity contribution < 1.29 is 38.3 Å². The summed E-state index contributed by atoms with van der Waals surface area (Å²) in [5, 5.41) is 20.9. The molecule has 5 N–H and O–H groups in total. The fraction of sp³-hybridized carbons (Fsp3) is 0.478. The first-order chi connectivity index (χ1) is 17.5. The number of phosphoric acid groups is 1. The van der Waals surface area contributed by atoms with E-state index in [1.54, 1.807) is 19.1 Å². The van der Waals surface area contributed by atoms with Crippen LogP contribution in [0.3, 0.4) is 0 Å². The lowest BCUT2D eigenvalue weighted by atomic mass is 9.97. The summed E-state index contributed by atoms with van der Waals surface area (Å²) >= 11 is 0. The third kappa shape index (κ3) is 5.98. The van der Waals surface area contributed by atoms with Gasteiger partial charge in [0, 0.05) is 0 Å². The van der Waals surface area contributed by atoms with Crippen LogP contribution in [-0.2, 0) is 29.6 Å². The van der Waals surface area contributed by atoms with Crippen molar-refractivity contribution >= 4 is 30.8 Å². The van der Waals surface area contributed by atoms with E-state index in [-0.39, 0.29) is 17.0 Å². The summed E-state index contributed by atoms with van der Waals surface area (Å²) in [7, 11) is -4.85. The molecular weight excluding hydrogens is 505 g/mol. The van der Waals surface area contributed by atoms with E-state index in [2.05, 4.69) is 28.8 Å². The van der Waals surface area contributed by atoms with E-state index in [1.165, 1.54) is 17.2 Å². The number of rotatable bonds is 9. The van der Waals surface area contributed by atoms with E-state index in [9.17, 15) is 24.5 Å². The lowest BCUT2D eigenvalue weighted by Crippen LogP contribution is -2.33. The molecule has 6 atom stereocenters. The second-order valence-corrected chi connectivity index (χ2v) is 10.7. The highest BCUT2D eigenvalue weighted by atomic mass is 31.2. The van der Waals surface area contributed by atoms with Crippen LogP contribution in [0, 0.1) is 5.92 Å². The maximum Gasteiger partial charge on any atom is 0.529 e. The second-order valence-electron chi connectivity index (χ2n) is 9.37. The lowest BCUT2D eigenvalue weighted by Gasteiger charge is -2.19. The van der Waals surface area contributed by atoms with E-state index < -0.39 is 50.9 Å². The van der Waals surface area contributed by atoms with Crippen molar-refractivity contribution in [3.05, 3.63) is 48.0 Å². The van der Waals surface area contributed by atoms with Gasteiger partial charge in [-0.3, -0.25) is 18.8 Å². The third-order valence-corrected chi connectivity index (χ3v) is 6.97. The molecule has 37 heavy (non-hydrogen) atoms. The maximum atomic E-state index is 12.5. The number of anilines is 1. The van der Waals surface area contributed by atoms with Crippen LogP contribution in [0.2, 0.25) is 0 Å². The molecule has 1 aliphatic heterocycles. The van der Waals surface area contributed by atoms with Crippen molar-refractivity contribution in [3.63, 3.8) is 0 Å². The molecule has 3 heterocycles. The summed E-state index contributed by atoms with van der Waals surface area (Å²) in [5.41, 5.74) is 8.05. The molecule has 1 unspecified atom stereocenters. The van der Waals surface area contributed by atoms with Gasteiger partial charge in [-0.25, -0.2) is 19.5 Å². The lowest BCUT2D eigenvalue weighted by molar-refractivity contribution is -0.137. The Labute approximate surface area is 212 Å². The Bertz CT molecular complexity index is 1300. The van der Waals surface area contributed by atoms with Crippen molar-refractivity contribution in [2.75, 3.05) is 12.3 Å². The standard InChI is InChI=1S/C23H30N5O8P/c1-12(2)8-14-4-6-15(7-5-14)13(3)23(31)36-37(32,33)34-9-16-18(29)19(30)22(35-16)28-11-27-17-20(24)25-10-26-21(17)28/h4-7,10-13,16,18-19,22,29-30H,8-9H2,1-3H3,(H,32,33)(H2,24,25,26)/t13-,16-,18-,19-,22-/m1/s1. The number of benzene rings is 1. The van der Waals surface area contributed by atoms with E-state index in [0.717, 1.165) is 12.0 Å². The molecule has 0 saturated carbocycles. The van der Waals surface area contributed by atoms with E-state index >= 15 is 0 Å². The molecule has 14 heteroatoms. The SMILES string of the molecule is CC(C)Cc1ccc([C@@H](C)C(=O)OP(=O)(O)OC[C@H]2O[C@@H](n3cnc4c(N)ncnc43)[C@H](O)[C@@H]2O)cc1. The van der Waals surface area contributed by atoms with Gasteiger partial charge in [-0.1, -0.05) is 38.1 Å². The molecule has 0 bridgehead atoms. The number of carbonyl (C=O) groups is 1. The molecule has 0 radical (unpaired) electrons. The van der Waals surface area contributed by atoms with Crippen LogP contribution in [0.4, 0.5) is 5.82 Å². The minimum Gasteiger partial charge on any atom is -0.387 e. The number of fused-ring (bicyclic) bond motifs is 1. The van der Waals surface area contributed by atoms with Crippen molar-refractivity contribution in [1.29, 1.82) is 0 Å². The zero-order valence-electron chi connectivity index (χ0n) is 20.5. The summed E-state index contributed by atoms with van der Waals surface area (Å²) < 4.78 is 29.1. The highest BCUT2D eigenvalue weighted by molar-refractivity contribution is 7.48. The minimum atomic E-state index is -4.85. The Morgan fingerprint density at radius 1 is 1.16 bits per heavy atom. The van der Waals surface area contributed by atoms with Gasteiger partial charge in [-0.05, 0) is 30.4 Å². The monoisotopic (exact) mass is 535 g/mol.